The van der Waals surface area contributed by atoms with Gasteiger partial charge < -0.3 is 0 Å². The normalized spacial score (nSPS) is 16.2. The molecule has 0 spiro atoms. The van der Waals surface area contributed by atoms with Gasteiger partial charge in [-0.3, -0.25) is 4.79 Å². The Bertz CT molecular complexity index is 412. The Kier molecular flexibility index (Phi) is 4.13. The number of Topliss-reactive ketones (excluding diaryl/α,β-unsaturated/α-hetero) is 1. The van der Waals surface area contributed by atoms with Crippen LogP contribution in [0.1, 0.15) is 43.2 Å². The molecule has 17 heavy (non-hydrogen) atoms. The van der Waals surface area contributed by atoms with Crippen molar-refractivity contribution in [2.75, 3.05) is 0 Å². The van der Waals surface area contributed by atoms with Gasteiger partial charge in [-0.05, 0) is 43.7 Å². The van der Waals surface area contributed by atoms with Crippen LogP contribution in [0.2, 0.25) is 0 Å². The van der Waals surface area contributed by atoms with Crippen LogP contribution in [0, 0.1) is 6.92 Å². The first-order valence-corrected chi connectivity index (χ1v) is 6.53. The molecule has 90 valence electrons. The highest BCUT2D eigenvalue weighted by Gasteiger charge is 2.11. The lowest BCUT2D eigenvalue weighted by atomic mass is 9.99. The molecule has 0 fully saturated rings. The maximum atomic E-state index is 12.1. The standard InChI is InChI=1S/C16H20O/c1-13-8-10-14(11-9-13)12-16(17)15-6-4-2-3-5-7-15/h6,8-11H,2-5,7,12H2,1H3. The summed E-state index contributed by atoms with van der Waals surface area (Å²) in [5.74, 6) is 0.316. The highest BCUT2D eigenvalue weighted by molar-refractivity contribution is 5.96. The zero-order chi connectivity index (χ0) is 12.1. The van der Waals surface area contributed by atoms with E-state index in [2.05, 4.69) is 37.3 Å². The minimum atomic E-state index is 0.316. The summed E-state index contributed by atoms with van der Waals surface area (Å²) in [5, 5.41) is 0. The van der Waals surface area contributed by atoms with Crippen molar-refractivity contribution in [3.05, 3.63) is 47.0 Å². The number of carbonyl (C=O) groups excluding carboxylic acids is 1. The molecule has 0 bridgehead atoms. The van der Waals surface area contributed by atoms with E-state index >= 15 is 0 Å². The molecule has 2 rings (SSSR count). The second kappa shape index (κ2) is 5.81. The molecule has 0 unspecified atom stereocenters. The Morgan fingerprint density at radius 2 is 1.88 bits per heavy atom. The SMILES string of the molecule is Cc1ccc(CC(=O)C2=CCCCCC2)cc1. The molecule has 0 amide bonds. The van der Waals surface area contributed by atoms with E-state index < -0.39 is 0 Å². The Morgan fingerprint density at radius 1 is 1.12 bits per heavy atom. The molecule has 0 saturated carbocycles. The molecule has 1 aromatic carbocycles. The number of hydrogen-bond acceptors (Lipinski definition) is 1. The Morgan fingerprint density at radius 3 is 2.65 bits per heavy atom. The molecule has 1 aromatic rings. The Hall–Kier alpha value is -1.37. The van der Waals surface area contributed by atoms with Crippen LogP contribution in [0.25, 0.3) is 0 Å². The maximum Gasteiger partial charge on any atom is 0.162 e. The average Bonchev–Trinajstić information content (AvgIpc) is 2.61. The first-order valence-electron chi connectivity index (χ1n) is 6.53. The molecule has 1 aliphatic carbocycles. The number of benzene rings is 1. The molecule has 1 heteroatoms. The fraction of sp³-hybridized carbons (Fsp3) is 0.438. The molecule has 0 heterocycles. The quantitative estimate of drug-likeness (QED) is 0.764. The van der Waals surface area contributed by atoms with Gasteiger partial charge in [-0.1, -0.05) is 42.3 Å². The lowest BCUT2D eigenvalue weighted by molar-refractivity contribution is -0.115. The molecule has 0 saturated heterocycles. The maximum absolute atomic E-state index is 12.1. The predicted octanol–water partition coefficient (Wildman–Crippen LogP) is 4.00. The van der Waals surface area contributed by atoms with Gasteiger partial charge in [0, 0.05) is 6.42 Å². The van der Waals surface area contributed by atoms with Crippen molar-refractivity contribution >= 4 is 5.78 Å². The van der Waals surface area contributed by atoms with E-state index in [-0.39, 0.29) is 0 Å². The number of hydrogen-bond donors (Lipinski definition) is 0. The van der Waals surface area contributed by atoms with Crippen LogP contribution >= 0.6 is 0 Å². The minimum absolute atomic E-state index is 0.316. The summed E-state index contributed by atoms with van der Waals surface area (Å²) in [7, 11) is 0. The fourth-order valence-corrected chi connectivity index (χ4v) is 2.27. The van der Waals surface area contributed by atoms with E-state index in [0.29, 0.717) is 12.2 Å². The van der Waals surface area contributed by atoms with Crippen LogP contribution in [0.3, 0.4) is 0 Å². The molecule has 0 atom stereocenters. The number of aryl methyl sites for hydroxylation is 1. The molecule has 1 nitrogen and oxygen atoms in total. The van der Waals surface area contributed by atoms with Crippen molar-refractivity contribution in [2.45, 2.75) is 45.4 Å². The summed E-state index contributed by atoms with van der Waals surface area (Å²) in [4.78, 5) is 12.1. The van der Waals surface area contributed by atoms with Gasteiger partial charge in [0.15, 0.2) is 5.78 Å². The van der Waals surface area contributed by atoms with Crippen LogP contribution in [-0.2, 0) is 11.2 Å². The summed E-state index contributed by atoms with van der Waals surface area (Å²) < 4.78 is 0. The highest BCUT2D eigenvalue weighted by Crippen LogP contribution is 2.19. The molecular formula is C16H20O. The second-order valence-electron chi connectivity index (χ2n) is 4.91. The molecule has 0 N–H and O–H groups in total. The van der Waals surface area contributed by atoms with Crippen LogP contribution in [0.4, 0.5) is 0 Å². The van der Waals surface area contributed by atoms with Gasteiger partial charge in [-0.15, -0.1) is 0 Å². The molecular weight excluding hydrogens is 208 g/mol. The molecule has 0 aromatic heterocycles. The summed E-state index contributed by atoms with van der Waals surface area (Å²) >= 11 is 0. The van der Waals surface area contributed by atoms with Gasteiger partial charge in [-0.25, -0.2) is 0 Å². The van der Waals surface area contributed by atoms with Crippen molar-refractivity contribution in [1.29, 1.82) is 0 Å². The van der Waals surface area contributed by atoms with Gasteiger partial charge in [-0.2, -0.15) is 0 Å². The number of carbonyl (C=O) groups is 1. The van der Waals surface area contributed by atoms with Gasteiger partial charge in [0.1, 0.15) is 0 Å². The van der Waals surface area contributed by atoms with E-state index in [1.165, 1.54) is 24.8 Å². The summed E-state index contributed by atoms with van der Waals surface area (Å²) in [6.07, 6.45) is 8.44. The van der Waals surface area contributed by atoms with E-state index in [0.717, 1.165) is 24.0 Å². The third-order valence-corrected chi connectivity index (χ3v) is 3.38. The Balaban J connectivity index is 2.00. The van der Waals surface area contributed by atoms with Crippen LogP contribution in [-0.4, -0.2) is 5.78 Å². The second-order valence-corrected chi connectivity index (χ2v) is 4.91. The lowest BCUT2D eigenvalue weighted by Crippen LogP contribution is -2.06. The van der Waals surface area contributed by atoms with Crippen molar-refractivity contribution in [2.24, 2.45) is 0 Å². The zero-order valence-electron chi connectivity index (χ0n) is 10.5. The molecule has 0 radical (unpaired) electrons. The predicted molar refractivity (Wildman–Crippen MR) is 71.1 cm³/mol. The first-order chi connectivity index (χ1) is 8.25. The zero-order valence-corrected chi connectivity index (χ0v) is 10.5. The molecule has 1 aliphatic rings. The monoisotopic (exact) mass is 228 g/mol. The van der Waals surface area contributed by atoms with E-state index in [4.69, 9.17) is 0 Å². The molecule has 0 aliphatic heterocycles. The summed E-state index contributed by atoms with van der Waals surface area (Å²) in [5.41, 5.74) is 3.43. The third-order valence-electron chi connectivity index (χ3n) is 3.38. The van der Waals surface area contributed by atoms with Crippen molar-refractivity contribution in [3.63, 3.8) is 0 Å². The summed E-state index contributed by atoms with van der Waals surface area (Å²) in [6, 6.07) is 8.27. The van der Waals surface area contributed by atoms with E-state index in [9.17, 15) is 4.79 Å². The van der Waals surface area contributed by atoms with Crippen molar-refractivity contribution in [1.82, 2.24) is 0 Å². The van der Waals surface area contributed by atoms with Crippen LogP contribution in [0.15, 0.2) is 35.9 Å². The smallest absolute Gasteiger partial charge is 0.162 e. The van der Waals surface area contributed by atoms with Crippen molar-refractivity contribution in [3.8, 4) is 0 Å². The van der Waals surface area contributed by atoms with E-state index in [1.54, 1.807) is 0 Å². The van der Waals surface area contributed by atoms with Crippen LogP contribution < -0.4 is 0 Å². The number of allylic oxidation sites excluding steroid dienone is 2. The minimum Gasteiger partial charge on any atom is -0.294 e. The number of rotatable bonds is 3. The van der Waals surface area contributed by atoms with Gasteiger partial charge >= 0.3 is 0 Å². The Labute approximate surface area is 104 Å². The van der Waals surface area contributed by atoms with Crippen LogP contribution in [0.5, 0.6) is 0 Å². The average molecular weight is 228 g/mol. The van der Waals surface area contributed by atoms with Gasteiger partial charge in [0.2, 0.25) is 0 Å². The highest BCUT2D eigenvalue weighted by atomic mass is 16.1. The fourth-order valence-electron chi connectivity index (χ4n) is 2.27. The summed E-state index contributed by atoms with van der Waals surface area (Å²) in [6.45, 7) is 2.07. The largest absolute Gasteiger partial charge is 0.294 e. The third kappa shape index (κ3) is 3.55. The van der Waals surface area contributed by atoms with Crippen molar-refractivity contribution < 1.29 is 4.79 Å². The van der Waals surface area contributed by atoms with E-state index in [1.807, 2.05) is 0 Å². The van der Waals surface area contributed by atoms with Gasteiger partial charge in [0.05, 0.1) is 0 Å². The number of ketones is 1. The topological polar surface area (TPSA) is 17.1 Å². The first kappa shape index (κ1) is 12.1. The van der Waals surface area contributed by atoms with Gasteiger partial charge in [0.25, 0.3) is 0 Å². The lowest BCUT2D eigenvalue weighted by Gasteiger charge is -2.05.